The van der Waals surface area contributed by atoms with E-state index in [-0.39, 0.29) is 4.90 Å². The number of pyridine rings is 1. The molecule has 154 valence electrons. The first-order chi connectivity index (χ1) is 13.4. The molecule has 8 nitrogen and oxygen atoms in total. The molecule has 1 aromatic heterocycles. The van der Waals surface area contributed by atoms with Gasteiger partial charge < -0.3 is 14.2 Å². The quantitative estimate of drug-likeness (QED) is 0.645. The number of sulfonamides is 1. The van der Waals surface area contributed by atoms with Crippen LogP contribution in [0.2, 0.25) is 0 Å². The van der Waals surface area contributed by atoms with E-state index in [2.05, 4.69) is 10.3 Å². The van der Waals surface area contributed by atoms with Gasteiger partial charge in [0.25, 0.3) is 5.82 Å². The van der Waals surface area contributed by atoms with Crippen molar-refractivity contribution in [2.75, 3.05) is 39.7 Å². The van der Waals surface area contributed by atoms with Gasteiger partial charge in [0.15, 0.2) is 11.5 Å². The monoisotopic (exact) mass is 410 g/mol. The highest BCUT2D eigenvalue weighted by Crippen LogP contribution is 2.34. The zero-order valence-corrected chi connectivity index (χ0v) is 17.7. The van der Waals surface area contributed by atoms with Crippen LogP contribution in [0.15, 0.2) is 35.4 Å². The maximum atomic E-state index is 12.5. The van der Waals surface area contributed by atoms with Crippen LogP contribution in [0, 0.1) is 0 Å². The SMILES string of the molecule is CCN(CC)S(=O)(=O)c1ccc(NCc2cc(OC)c(OC)cc2OC)[nH+]c1. The Morgan fingerprint density at radius 2 is 1.57 bits per heavy atom. The number of rotatable bonds is 10. The lowest BCUT2D eigenvalue weighted by atomic mass is 10.1. The van der Waals surface area contributed by atoms with Crippen molar-refractivity contribution in [3.63, 3.8) is 0 Å². The molecule has 0 saturated carbocycles. The van der Waals surface area contributed by atoms with E-state index in [0.717, 1.165) is 5.56 Å². The molecule has 1 heterocycles. The highest BCUT2D eigenvalue weighted by Gasteiger charge is 2.23. The fourth-order valence-electron chi connectivity index (χ4n) is 2.81. The lowest BCUT2D eigenvalue weighted by Gasteiger charge is -2.17. The predicted molar refractivity (Wildman–Crippen MR) is 107 cm³/mol. The molecule has 0 unspecified atom stereocenters. The number of anilines is 1. The smallest absolute Gasteiger partial charge is 0.272 e. The third kappa shape index (κ3) is 4.66. The minimum Gasteiger partial charge on any atom is -0.496 e. The second kappa shape index (κ2) is 9.61. The highest BCUT2D eigenvalue weighted by molar-refractivity contribution is 7.89. The second-order valence-corrected chi connectivity index (χ2v) is 7.84. The number of aromatic amines is 1. The van der Waals surface area contributed by atoms with Crippen molar-refractivity contribution in [1.82, 2.24) is 4.31 Å². The van der Waals surface area contributed by atoms with Crippen molar-refractivity contribution in [3.8, 4) is 17.2 Å². The van der Waals surface area contributed by atoms with Gasteiger partial charge in [0.1, 0.15) is 23.4 Å². The van der Waals surface area contributed by atoms with Crippen molar-refractivity contribution < 1.29 is 27.6 Å². The van der Waals surface area contributed by atoms with Gasteiger partial charge in [0.2, 0.25) is 10.0 Å². The summed E-state index contributed by atoms with van der Waals surface area (Å²) in [7, 11) is 1.24. The van der Waals surface area contributed by atoms with Gasteiger partial charge in [0, 0.05) is 30.8 Å². The van der Waals surface area contributed by atoms with E-state index in [0.29, 0.717) is 42.7 Å². The van der Waals surface area contributed by atoms with Crippen LogP contribution in [0.4, 0.5) is 5.82 Å². The number of methoxy groups -OCH3 is 3. The molecular weight excluding hydrogens is 382 g/mol. The zero-order chi connectivity index (χ0) is 20.7. The van der Waals surface area contributed by atoms with Crippen LogP contribution in [0.3, 0.4) is 0 Å². The summed E-state index contributed by atoms with van der Waals surface area (Å²) in [6.07, 6.45) is 1.49. The third-order valence-electron chi connectivity index (χ3n) is 4.38. The Morgan fingerprint density at radius 1 is 0.964 bits per heavy atom. The molecule has 0 radical (unpaired) electrons. The lowest BCUT2D eigenvalue weighted by molar-refractivity contribution is -0.364. The summed E-state index contributed by atoms with van der Waals surface area (Å²) in [6.45, 7) is 4.94. The number of aromatic nitrogens is 1. The van der Waals surface area contributed by atoms with Gasteiger partial charge >= 0.3 is 0 Å². The number of hydrogen-bond acceptors (Lipinski definition) is 6. The summed E-state index contributed by atoms with van der Waals surface area (Å²) in [4.78, 5) is 3.22. The Labute approximate surface area is 166 Å². The third-order valence-corrected chi connectivity index (χ3v) is 6.43. The molecule has 0 atom stereocenters. The average molecular weight is 411 g/mol. The van der Waals surface area contributed by atoms with E-state index in [9.17, 15) is 8.42 Å². The molecule has 0 spiro atoms. The highest BCUT2D eigenvalue weighted by atomic mass is 32.2. The Morgan fingerprint density at radius 3 is 2.07 bits per heavy atom. The minimum absolute atomic E-state index is 0.227. The van der Waals surface area contributed by atoms with E-state index >= 15 is 0 Å². The summed E-state index contributed by atoms with van der Waals surface area (Å²) in [5.74, 6) is 2.52. The van der Waals surface area contributed by atoms with Gasteiger partial charge in [0.05, 0.1) is 21.3 Å². The molecule has 0 aliphatic heterocycles. The van der Waals surface area contributed by atoms with Gasteiger partial charge in [-0.2, -0.15) is 4.31 Å². The standard InChI is InChI=1S/C19H27N3O5S/c1-6-22(7-2)28(23,24)15-8-9-19(21-13-15)20-12-14-10-17(26-4)18(27-5)11-16(14)25-3/h8-11,13H,6-7,12H2,1-5H3,(H,20,21)/p+1. The van der Waals surface area contributed by atoms with Crippen LogP contribution in [-0.2, 0) is 16.6 Å². The lowest BCUT2D eigenvalue weighted by Crippen LogP contribution is -2.31. The van der Waals surface area contributed by atoms with Crippen molar-refractivity contribution in [2.24, 2.45) is 0 Å². The predicted octanol–water partition coefficient (Wildman–Crippen LogP) is 2.17. The normalized spacial score (nSPS) is 11.4. The van der Waals surface area contributed by atoms with Gasteiger partial charge in [-0.05, 0) is 12.1 Å². The van der Waals surface area contributed by atoms with E-state index in [1.807, 2.05) is 19.9 Å². The topological polar surface area (TPSA) is 91.2 Å². The van der Waals surface area contributed by atoms with Crippen LogP contribution in [-0.4, -0.2) is 47.1 Å². The summed E-state index contributed by atoms with van der Waals surface area (Å²) in [5.41, 5.74) is 0.869. The van der Waals surface area contributed by atoms with Crippen molar-refractivity contribution >= 4 is 15.8 Å². The van der Waals surface area contributed by atoms with Crippen LogP contribution in [0.1, 0.15) is 19.4 Å². The molecule has 1 aromatic carbocycles. The summed E-state index contributed by atoms with van der Waals surface area (Å²) in [5, 5.41) is 3.22. The molecule has 9 heteroatoms. The number of nitrogens with zero attached hydrogens (tertiary/aromatic N) is 1. The van der Waals surface area contributed by atoms with Gasteiger partial charge in [-0.1, -0.05) is 13.8 Å². The van der Waals surface area contributed by atoms with Crippen molar-refractivity contribution in [1.29, 1.82) is 0 Å². The molecule has 28 heavy (non-hydrogen) atoms. The first-order valence-electron chi connectivity index (χ1n) is 8.95. The van der Waals surface area contributed by atoms with Gasteiger partial charge in [-0.25, -0.2) is 13.4 Å². The molecule has 0 saturated heterocycles. The summed E-state index contributed by atoms with van der Waals surface area (Å²) < 4.78 is 42.5. The van der Waals surface area contributed by atoms with E-state index in [1.165, 1.54) is 10.5 Å². The Kier molecular flexibility index (Phi) is 7.47. The molecule has 0 aliphatic rings. The molecule has 0 fully saturated rings. The van der Waals surface area contributed by atoms with E-state index in [1.54, 1.807) is 39.5 Å². The Bertz CT molecular complexity index is 881. The van der Waals surface area contributed by atoms with Crippen LogP contribution < -0.4 is 24.5 Å². The van der Waals surface area contributed by atoms with Crippen molar-refractivity contribution in [2.45, 2.75) is 25.3 Å². The average Bonchev–Trinajstić information content (AvgIpc) is 2.72. The number of nitrogens with one attached hydrogen (secondary N) is 2. The van der Waals surface area contributed by atoms with Gasteiger partial charge in [-0.15, -0.1) is 0 Å². The second-order valence-electron chi connectivity index (χ2n) is 5.90. The molecule has 2 N–H and O–H groups in total. The Balaban J connectivity index is 2.18. The number of hydrogen-bond donors (Lipinski definition) is 1. The van der Waals surface area contributed by atoms with Crippen LogP contribution in [0.25, 0.3) is 0 Å². The first kappa shape index (κ1) is 21.8. The summed E-state index contributed by atoms with van der Waals surface area (Å²) in [6, 6.07) is 6.88. The first-order valence-corrected chi connectivity index (χ1v) is 10.4. The number of H-pyrrole nitrogens is 1. The fraction of sp³-hybridized carbons (Fsp3) is 0.421. The van der Waals surface area contributed by atoms with E-state index < -0.39 is 10.0 Å². The zero-order valence-electron chi connectivity index (χ0n) is 16.9. The maximum absolute atomic E-state index is 12.5. The Hall–Kier alpha value is -2.52. The largest absolute Gasteiger partial charge is 0.496 e. The molecule has 0 bridgehead atoms. The van der Waals surface area contributed by atoms with E-state index in [4.69, 9.17) is 14.2 Å². The molecule has 2 rings (SSSR count). The molecular formula is C19H28N3O5S+. The molecule has 2 aromatic rings. The van der Waals surface area contributed by atoms with Crippen molar-refractivity contribution in [3.05, 3.63) is 36.0 Å². The number of benzene rings is 1. The van der Waals surface area contributed by atoms with Gasteiger partial charge in [-0.3, -0.25) is 5.32 Å². The maximum Gasteiger partial charge on any atom is 0.272 e. The van der Waals surface area contributed by atoms with Crippen LogP contribution >= 0.6 is 0 Å². The fourth-order valence-corrected chi connectivity index (χ4v) is 4.24. The van der Waals surface area contributed by atoms with Crippen LogP contribution in [0.5, 0.6) is 17.2 Å². The molecule has 0 amide bonds. The minimum atomic E-state index is -3.49. The summed E-state index contributed by atoms with van der Waals surface area (Å²) >= 11 is 0. The molecule has 0 aliphatic carbocycles. The number of ether oxygens (including phenoxy) is 3.